The van der Waals surface area contributed by atoms with Crippen molar-refractivity contribution >= 4 is 13.7 Å². The first-order valence-electron chi connectivity index (χ1n) is 10.6. The summed E-state index contributed by atoms with van der Waals surface area (Å²) in [5.74, 6) is -0.294. The Morgan fingerprint density at radius 2 is 1.83 bits per heavy atom. The number of phosphoric ester groups is 1. The van der Waals surface area contributed by atoms with Gasteiger partial charge < -0.3 is 28.8 Å². The summed E-state index contributed by atoms with van der Waals surface area (Å²) < 4.78 is 22.3. The first-order chi connectivity index (χ1) is 13.5. The number of aliphatic hydroxyl groups is 1. The number of quaternary nitrogens is 1. The van der Waals surface area contributed by atoms with Gasteiger partial charge in [-0.25, -0.2) is 0 Å². The Morgan fingerprint density at radius 1 is 1.17 bits per heavy atom. The van der Waals surface area contributed by atoms with Crippen molar-refractivity contribution in [1.29, 1.82) is 0 Å². The number of carbonyl (C=O) groups is 1. The van der Waals surface area contributed by atoms with Gasteiger partial charge >= 0.3 is 0 Å². The zero-order valence-electron chi connectivity index (χ0n) is 18.8. The topological polar surface area (TPSA) is 108 Å². The van der Waals surface area contributed by atoms with Crippen LogP contribution in [0.1, 0.15) is 58.8 Å². The number of allylic oxidation sites excluding steroid dienone is 1. The zero-order chi connectivity index (χ0) is 22.3. The maximum Gasteiger partial charge on any atom is 0.268 e. The first kappa shape index (κ1) is 28.2. The van der Waals surface area contributed by atoms with Crippen molar-refractivity contribution in [3.63, 3.8) is 0 Å². The van der Waals surface area contributed by atoms with E-state index in [1.54, 1.807) is 13.0 Å². The summed E-state index contributed by atoms with van der Waals surface area (Å²) in [5.41, 5.74) is 0. The molecule has 0 aromatic carbocycles. The van der Waals surface area contributed by atoms with E-state index in [0.717, 1.165) is 19.3 Å². The van der Waals surface area contributed by atoms with Crippen molar-refractivity contribution < 1.29 is 32.9 Å². The number of unbranched alkanes of at least 4 members (excludes halogenated alkanes) is 5. The van der Waals surface area contributed by atoms with Crippen LogP contribution in [-0.2, 0) is 18.4 Å². The SMILES string of the molecule is CCCCCCC/C=C/C(O)C(COP(=O)([O-])OCC[N+](C)(C)C)NC(=O)CC. The van der Waals surface area contributed by atoms with Gasteiger partial charge in [-0.2, -0.15) is 0 Å². The molecular formula is C20H41N2O6P. The fourth-order valence-corrected chi connectivity index (χ4v) is 3.13. The molecule has 9 heteroatoms. The summed E-state index contributed by atoms with van der Waals surface area (Å²) in [6, 6.07) is -0.872. The molecule has 0 saturated heterocycles. The largest absolute Gasteiger partial charge is 0.756 e. The van der Waals surface area contributed by atoms with E-state index < -0.39 is 20.0 Å². The van der Waals surface area contributed by atoms with Crippen LogP contribution in [0.4, 0.5) is 0 Å². The molecule has 0 bridgehead atoms. The van der Waals surface area contributed by atoms with Gasteiger partial charge in [0.2, 0.25) is 5.91 Å². The number of rotatable bonds is 17. The normalized spacial score (nSPS) is 16.5. The van der Waals surface area contributed by atoms with Crippen molar-refractivity contribution in [3.05, 3.63) is 12.2 Å². The predicted molar refractivity (Wildman–Crippen MR) is 113 cm³/mol. The van der Waals surface area contributed by atoms with Gasteiger partial charge in [0.05, 0.1) is 39.9 Å². The van der Waals surface area contributed by atoms with Crippen LogP contribution in [0.2, 0.25) is 0 Å². The standard InChI is InChI=1S/C20H41N2O6P/c1-6-8-9-10-11-12-13-14-19(23)18(21-20(24)7-2)17-28-29(25,26)27-16-15-22(3,4)5/h13-14,18-19,23H,6-12,15-17H2,1-5H3,(H-,21,24,25,26)/b14-13+. The van der Waals surface area contributed by atoms with Gasteiger partial charge in [-0.3, -0.25) is 9.36 Å². The number of hydrogen-bond donors (Lipinski definition) is 2. The van der Waals surface area contributed by atoms with Crippen LogP contribution < -0.4 is 10.2 Å². The molecule has 0 aliphatic rings. The molecular weight excluding hydrogens is 395 g/mol. The molecule has 8 nitrogen and oxygen atoms in total. The van der Waals surface area contributed by atoms with E-state index in [1.165, 1.54) is 19.3 Å². The zero-order valence-corrected chi connectivity index (χ0v) is 19.7. The first-order valence-corrected chi connectivity index (χ1v) is 12.0. The molecule has 0 aliphatic heterocycles. The molecule has 0 saturated carbocycles. The lowest BCUT2D eigenvalue weighted by atomic mass is 10.1. The number of nitrogens with one attached hydrogen (secondary N) is 1. The number of nitrogens with zero attached hydrogens (tertiary/aromatic N) is 1. The summed E-state index contributed by atoms with van der Waals surface area (Å²) >= 11 is 0. The molecule has 29 heavy (non-hydrogen) atoms. The molecule has 0 fully saturated rings. The van der Waals surface area contributed by atoms with Crippen LogP contribution in [-0.4, -0.2) is 68.5 Å². The second-order valence-electron chi connectivity index (χ2n) is 8.24. The molecule has 0 aromatic rings. The minimum Gasteiger partial charge on any atom is -0.756 e. The number of hydrogen-bond acceptors (Lipinski definition) is 6. The molecule has 0 radical (unpaired) electrons. The van der Waals surface area contributed by atoms with E-state index in [9.17, 15) is 19.4 Å². The Kier molecular flexibility index (Phi) is 14.7. The van der Waals surface area contributed by atoms with Gasteiger partial charge in [0.1, 0.15) is 13.2 Å². The van der Waals surface area contributed by atoms with Gasteiger partial charge in [0.25, 0.3) is 7.82 Å². The Bertz CT molecular complexity index is 522. The molecule has 0 rings (SSSR count). The smallest absolute Gasteiger partial charge is 0.268 e. The van der Waals surface area contributed by atoms with Crippen LogP contribution in [0.5, 0.6) is 0 Å². The average Bonchev–Trinajstić information content (AvgIpc) is 2.62. The number of phosphoric acid groups is 1. The highest BCUT2D eigenvalue weighted by Gasteiger charge is 2.22. The molecule has 1 amide bonds. The summed E-state index contributed by atoms with van der Waals surface area (Å²) in [7, 11) is 1.24. The molecule has 0 spiro atoms. The highest BCUT2D eigenvalue weighted by Crippen LogP contribution is 2.38. The van der Waals surface area contributed by atoms with Crippen molar-refractivity contribution in [2.75, 3.05) is 40.9 Å². The molecule has 2 N–H and O–H groups in total. The van der Waals surface area contributed by atoms with Crippen LogP contribution in [0.25, 0.3) is 0 Å². The van der Waals surface area contributed by atoms with Crippen molar-refractivity contribution in [1.82, 2.24) is 5.32 Å². The number of carbonyl (C=O) groups excluding carboxylic acids is 1. The highest BCUT2D eigenvalue weighted by atomic mass is 31.2. The van der Waals surface area contributed by atoms with E-state index in [4.69, 9.17) is 9.05 Å². The van der Waals surface area contributed by atoms with E-state index >= 15 is 0 Å². The maximum absolute atomic E-state index is 11.9. The molecule has 0 aliphatic carbocycles. The van der Waals surface area contributed by atoms with E-state index in [1.807, 2.05) is 27.2 Å². The fourth-order valence-electron chi connectivity index (χ4n) is 2.41. The Labute approximate surface area is 176 Å². The van der Waals surface area contributed by atoms with Gasteiger partial charge in [-0.1, -0.05) is 51.7 Å². The van der Waals surface area contributed by atoms with Crippen molar-refractivity contribution in [2.45, 2.75) is 70.9 Å². The Hall–Kier alpha value is -0.760. The average molecular weight is 437 g/mol. The highest BCUT2D eigenvalue weighted by molar-refractivity contribution is 7.45. The van der Waals surface area contributed by atoms with Crippen LogP contribution >= 0.6 is 7.82 Å². The molecule has 0 aromatic heterocycles. The number of amides is 1. The second kappa shape index (κ2) is 15.1. The third-order valence-electron chi connectivity index (χ3n) is 4.31. The Balaban J connectivity index is 4.59. The van der Waals surface area contributed by atoms with Gasteiger partial charge in [0, 0.05) is 6.42 Å². The Morgan fingerprint density at radius 3 is 2.41 bits per heavy atom. The van der Waals surface area contributed by atoms with Crippen LogP contribution in [0.15, 0.2) is 12.2 Å². The van der Waals surface area contributed by atoms with Crippen LogP contribution in [0.3, 0.4) is 0 Å². The lowest BCUT2D eigenvalue weighted by Gasteiger charge is -2.29. The fraction of sp³-hybridized carbons (Fsp3) is 0.850. The quantitative estimate of drug-likeness (QED) is 0.157. The number of likely N-dealkylation sites (N-methyl/N-ethyl adjacent to an activating group) is 1. The molecule has 172 valence electrons. The minimum absolute atomic E-state index is 0.00322. The maximum atomic E-state index is 11.9. The minimum atomic E-state index is -4.52. The van der Waals surface area contributed by atoms with Gasteiger partial charge in [0.15, 0.2) is 0 Å². The lowest BCUT2D eigenvalue weighted by molar-refractivity contribution is -0.870. The van der Waals surface area contributed by atoms with E-state index in [2.05, 4.69) is 12.2 Å². The third-order valence-corrected chi connectivity index (χ3v) is 5.28. The van der Waals surface area contributed by atoms with Crippen molar-refractivity contribution in [2.24, 2.45) is 0 Å². The van der Waals surface area contributed by atoms with E-state index in [0.29, 0.717) is 11.0 Å². The van der Waals surface area contributed by atoms with Crippen LogP contribution in [0, 0.1) is 0 Å². The summed E-state index contributed by atoms with van der Waals surface area (Å²) in [4.78, 5) is 23.7. The lowest BCUT2D eigenvalue weighted by Crippen LogP contribution is -2.45. The molecule has 3 unspecified atom stereocenters. The number of aliphatic hydroxyl groups excluding tert-OH is 1. The monoisotopic (exact) mass is 436 g/mol. The van der Waals surface area contributed by atoms with Gasteiger partial charge in [-0.05, 0) is 12.8 Å². The molecule has 3 atom stereocenters. The van der Waals surface area contributed by atoms with Crippen molar-refractivity contribution in [3.8, 4) is 0 Å². The molecule has 0 heterocycles. The van der Waals surface area contributed by atoms with Gasteiger partial charge in [-0.15, -0.1) is 0 Å². The van der Waals surface area contributed by atoms with E-state index in [-0.39, 0.29) is 25.5 Å². The summed E-state index contributed by atoms with van der Waals surface area (Å²) in [6.07, 6.45) is 9.21. The summed E-state index contributed by atoms with van der Waals surface area (Å²) in [6.45, 7) is 3.95. The predicted octanol–water partition coefficient (Wildman–Crippen LogP) is 2.37. The second-order valence-corrected chi connectivity index (χ2v) is 9.65. The third kappa shape index (κ3) is 16.7. The summed E-state index contributed by atoms with van der Waals surface area (Å²) in [5, 5.41) is 13.0.